The van der Waals surface area contributed by atoms with E-state index in [1.807, 2.05) is 0 Å². The summed E-state index contributed by atoms with van der Waals surface area (Å²) in [5, 5.41) is 3.79. The number of aryl methyl sites for hydroxylation is 1. The van der Waals surface area contributed by atoms with Crippen molar-refractivity contribution in [1.82, 2.24) is 19.3 Å². The number of hydrogen-bond donors (Lipinski definition) is 0. The van der Waals surface area contributed by atoms with Gasteiger partial charge in [-0.25, -0.2) is 8.42 Å². The van der Waals surface area contributed by atoms with Crippen LogP contribution in [0, 0.1) is 12.8 Å². The standard InChI is InChI=1S/C15H24N4O5S/c1-11-16-14(17-24-11)3-6-19(25(2,21)22)13-9-18(10-13)15(20)12-4-7-23-8-5-12/h12-13H,3-10H2,1-2H3. The monoisotopic (exact) mass is 372 g/mol. The van der Waals surface area contributed by atoms with Crippen molar-refractivity contribution < 1.29 is 22.5 Å². The highest BCUT2D eigenvalue weighted by Gasteiger charge is 2.40. The predicted octanol–water partition coefficient (Wildman–Crippen LogP) is -0.180. The lowest BCUT2D eigenvalue weighted by molar-refractivity contribution is -0.144. The van der Waals surface area contributed by atoms with Gasteiger partial charge in [-0.1, -0.05) is 5.16 Å². The van der Waals surface area contributed by atoms with Gasteiger partial charge >= 0.3 is 0 Å². The van der Waals surface area contributed by atoms with Gasteiger partial charge in [0.1, 0.15) is 0 Å². The number of rotatable bonds is 6. The number of likely N-dealkylation sites (tertiary alicyclic amines) is 1. The van der Waals surface area contributed by atoms with E-state index in [0.717, 1.165) is 12.8 Å². The van der Waals surface area contributed by atoms with Crippen LogP contribution < -0.4 is 0 Å². The summed E-state index contributed by atoms with van der Waals surface area (Å²) in [6.45, 7) is 4.09. The van der Waals surface area contributed by atoms with Gasteiger partial charge in [-0.2, -0.15) is 9.29 Å². The average Bonchev–Trinajstić information content (AvgIpc) is 2.94. The van der Waals surface area contributed by atoms with E-state index in [-0.39, 0.29) is 24.4 Å². The molecule has 1 aromatic heterocycles. The van der Waals surface area contributed by atoms with E-state index >= 15 is 0 Å². The smallest absolute Gasteiger partial charge is 0.225 e. The van der Waals surface area contributed by atoms with Crippen LogP contribution in [0.1, 0.15) is 24.6 Å². The Hall–Kier alpha value is -1.52. The van der Waals surface area contributed by atoms with E-state index < -0.39 is 10.0 Å². The Kier molecular flexibility index (Phi) is 5.40. The van der Waals surface area contributed by atoms with Crippen molar-refractivity contribution in [2.75, 3.05) is 39.1 Å². The second-order valence-corrected chi connectivity index (χ2v) is 8.57. The van der Waals surface area contributed by atoms with E-state index in [1.54, 1.807) is 11.8 Å². The van der Waals surface area contributed by atoms with Crippen LogP contribution in [0.3, 0.4) is 0 Å². The molecule has 0 N–H and O–H groups in total. The van der Waals surface area contributed by atoms with Gasteiger partial charge in [0.2, 0.25) is 21.8 Å². The molecule has 3 rings (SSSR count). The zero-order valence-electron chi connectivity index (χ0n) is 14.5. The summed E-state index contributed by atoms with van der Waals surface area (Å²) in [6.07, 6.45) is 3.06. The molecule has 2 fully saturated rings. The van der Waals surface area contributed by atoms with Crippen LogP contribution in [-0.2, 0) is 26.0 Å². The number of sulfonamides is 1. The third-order valence-corrected chi connectivity index (χ3v) is 6.04. The van der Waals surface area contributed by atoms with E-state index in [0.29, 0.717) is 44.4 Å². The van der Waals surface area contributed by atoms with E-state index in [9.17, 15) is 13.2 Å². The number of nitrogens with zero attached hydrogens (tertiary/aromatic N) is 4. The van der Waals surface area contributed by atoms with Gasteiger partial charge in [0.05, 0.1) is 12.3 Å². The van der Waals surface area contributed by atoms with Crippen LogP contribution in [0.5, 0.6) is 0 Å². The van der Waals surface area contributed by atoms with Gasteiger partial charge in [0.25, 0.3) is 0 Å². The Balaban J connectivity index is 1.55. The molecule has 0 radical (unpaired) electrons. The number of ether oxygens (including phenoxy) is 1. The van der Waals surface area contributed by atoms with Crippen molar-refractivity contribution in [3.63, 3.8) is 0 Å². The van der Waals surface area contributed by atoms with Crippen LogP contribution in [0.4, 0.5) is 0 Å². The summed E-state index contributed by atoms with van der Waals surface area (Å²) in [7, 11) is -3.37. The first kappa shape index (κ1) is 18.3. The van der Waals surface area contributed by atoms with Gasteiger partial charge in [0, 0.05) is 52.1 Å². The fourth-order valence-electron chi connectivity index (χ4n) is 3.29. The molecule has 10 heteroatoms. The molecule has 0 spiro atoms. The van der Waals surface area contributed by atoms with Crippen molar-refractivity contribution in [3.8, 4) is 0 Å². The SMILES string of the molecule is Cc1nc(CCN(C2CN(C(=O)C3CCOCC3)C2)S(C)(=O)=O)no1. The zero-order chi connectivity index (χ0) is 18.0. The van der Waals surface area contributed by atoms with Crippen LogP contribution in [0.2, 0.25) is 0 Å². The summed E-state index contributed by atoms with van der Waals surface area (Å²) in [4.78, 5) is 18.3. The molecule has 1 amide bonds. The molecule has 0 aliphatic carbocycles. The van der Waals surface area contributed by atoms with Crippen molar-refractivity contribution >= 4 is 15.9 Å². The molecule has 140 valence electrons. The topological polar surface area (TPSA) is 106 Å². The Morgan fingerprint density at radius 2 is 2.00 bits per heavy atom. The third-order valence-electron chi connectivity index (χ3n) is 4.70. The summed E-state index contributed by atoms with van der Waals surface area (Å²) in [5.41, 5.74) is 0. The number of aromatic nitrogens is 2. The highest BCUT2D eigenvalue weighted by Crippen LogP contribution is 2.24. The molecule has 9 nitrogen and oxygen atoms in total. The minimum Gasteiger partial charge on any atom is -0.381 e. The predicted molar refractivity (Wildman–Crippen MR) is 88.2 cm³/mol. The maximum absolute atomic E-state index is 12.5. The minimum absolute atomic E-state index is 0.00342. The fourth-order valence-corrected chi connectivity index (χ4v) is 4.39. The van der Waals surface area contributed by atoms with Crippen molar-refractivity contribution in [2.24, 2.45) is 5.92 Å². The van der Waals surface area contributed by atoms with Crippen molar-refractivity contribution in [3.05, 3.63) is 11.7 Å². The maximum atomic E-state index is 12.5. The van der Waals surface area contributed by atoms with Crippen LogP contribution in [0.15, 0.2) is 4.52 Å². The van der Waals surface area contributed by atoms with E-state index in [2.05, 4.69) is 10.1 Å². The summed E-state index contributed by atoms with van der Waals surface area (Å²) < 4.78 is 35.9. The zero-order valence-corrected chi connectivity index (χ0v) is 15.4. The lowest BCUT2D eigenvalue weighted by atomic mass is 9.96. The Morgan fingerprint density at radius 3 is 2.56 bits per heavy atom. The first-order valence-corrected chi connectivity index (χ1v) is 10.3. The molecule has 0 aromatic carbocycles. The highest BCUT2D eigenvalue weighted by atomic mass is 32.2. The molecule has 2 saturated heterocycles. The van der Waals surface area contributed by atoms with E-state index in [4.69, 9.17) is 9.26 Å². The molecule has 0 saturated carbocycles. The summed E-state index contributed by atoms with van der Waals surface area (Å²) in [6, 6.07) is -0.188. The molecular weight excluding hydrogens is 348 g/mol. The van der Waals surface area contributed by atoms with Gasteiger partial charge in [-0.3, -0.25) is 4.79 Å². The molecule has 2 aliphatic heterocycles. The third kappa shape index (κ3) is 4.36. The number of carbonyl (C=O) groups is 1. The van der Waals surface area contributed by atoms with E-state index in [1.165, 1.54) is 10.6 Å². The fraction of sp³-hybridized carbons (Fsp3) is 0.800. The summed E-state index contributed by atoms with van der Waals surface area (Å²) >= 11 is 0. The van der Waals surface area contributed by atoms with Crippen molar-refractivity contribution in [1.29, 1.82) is 0 Å². The van der Waals surface area contributed by atoms with Crippen molar-refractivity contribution in [2.45, 2.75) is 32.2 Å². The van der Waals surface area contributed by atoms with Gasteiger partial charge in [-0.05, 0) is 12.8 Å². The maximum Gasteiger partial charge on any atom is 0.225 e. The number of hydrogen-bond acceptors (Lipinski definition) is 7. The normalized spacial score (nSPS) is 20.0. The summed E-state index contributed by atoms with van der Waals surface area (Å²) in [5.74, 6) is 1.06. The number of amides is 1. The van der Waals surface area contributed by atoms with Gasteiger partial charge < -0.3 is 14.2 Å². The Morgan fingerprint density at radius 1 is 1.32 bits per heavy atom. The first-order valence-electron chi connectivity index (χ1n) is 8.47. The molecule has 2 aliphatic rings. The van der Waals surface area contributed by atoms with Crippen LogP contribution in [0.25, 0.3) is 0 Å². The lowest BCUT2D eigenvalue weighted by Crippen LogP contribution is -2.63. The number of carbonyl (C=O) groups excluding carboxylic acids is 1. The Bertz CT molecular complexity index is 707. The lowest BCUT2D eigenvalue weighted by Gasteiger charge is -2.45. The molecule has 1 aromatic rings. The molecule has 3 heterocycles. The molecule has 0 unspecified atom stereocenters. The van der Waals surface area contributed by atoms with Crippen LogP contribution >= 0.6 is 0 Å². The van der Waals surface area contributed by atoms with Gasteiger partial charge in [-0.15, -0.1) is 0 Å². The average molecular weight is 372 g/mol. The molecule has 0 bridgehead atoms. The quantitative estimate of drug-likeness (QED) is 0.682. The highest BCUT2D eigenvalue weighted by molar-refractivity contribution is 7.88. The second-order valence-electron chi connectivity index (χ2n) is 6.64. The van der Waals surface area contributed by atoms with Crippen LogP contribution in [-0.4, -0.2) is 78.8 Å². The molecule has 25 heavy (non-hydrogen) atoms. The molecular formula is C15H24N4O5S. The first-order chi connectivity index (χ1) is 11.8. The Labute approximate surface area is 147 Å². The minimum atomic E-state index is -3.37. The second kappa shape index (κ2) is 7.38. The molecule has 0 atom stereocenters. The van der Waals surface area contributed by atoms with Gasteiger partial charge in [0.15, 0.2) is 5.82 Å². The largest absolute Gasteiger partial charge is 0.381 e.